The molecule has 0 radical (unpaired) electrons. The van der Waals surface area contributed by atoms with Crippen molar-refractivity contribution in [1.29, 1.82) is 0 Å². The molecular formula is C26H31N3O3S2. The lowest BCUT2D eigenvalue weighted by atomic mass is 10.0. The highest BCUT2D eigenvalue weighted by Crippen LogP contribution is 2.35. The quantitative estimate of drug-likeness (QED) is 0.451. The van der Waals surface area contributed by atoms with Crippen molar-refractivity contribution in [3.05, 3.63) is 56.4 Å². The van der Waals surface area contributed by atoms with Crippen LogP contribution in [0.15, 0.2) is 29.1 Å². The van der Waals surface area contributed by atoms with Crippen molar-refractivity contribution in [3.63, 3.8) is 0 Å². The number of hydrogen-bond acceptors (Lipinski definition) is 6. The van der Waals surface area contributed by atoms with Gasteiger partial charge in [-0.05, 0) is 55.4 Å². The Bertz CT molecular complexity index is 1220. The normalized spacial score (nSPS) is 18.1. The summed E-state index contributed by atoms with van der Waals surface area (Å²) < 4.78 is 5.29. The van der Waals surface area contributed by atoms with Crippen molar-refractivity contribution in [1.82, 2.24) is 14.9 Å². The number of thioether (sulfide) groups is 1. The van der Waals surface area contributed by atoms with Crippen LogP contribution in [0.4, 0.5) is 0 Å². The summed E-state index contributed by atoms with van der Waals surface area (Å²) in [5.41, 5.74) is 2.38. The fraction of sp³-hybridized carbons (Fsp3) is 0.500. The Morgan fingerprint density at radius 3 is 2.88 bits per heavy atom. The van der Waals surface area contributed by atoms with Gasteiger partial charge >= 0.3 is 0 Å². The first kappa shape index (κ1) is 23.4. The van der Waals surface area contributed by atoms with Gasteiger partial charge in [-0.15, -0.1) is 11.3 Å². The number of nitrogens with one attached hydrogen (secondary N) is 1. The molecule has 3 aromatic rings. The molecule has 8 heteroatoms. The number of ether oxygens (including phenoxy) is 1. The zero-order chi connectivity index (χ0) is 23.5. The fourth-order valence-corrected chi connectivity index (χ4v) is 7.24. The lowest BCUT2D eigenvalue weighted by molar-refractivity contribution is -0.133. The van der Waals surface area contributed by atoms with Gasteiger partial charge in [0.25, 0.3) is 5.56 Å². The minimum atomic E-state index is -0.0111. The number of carbonyl (C=O) groups is 1. The Morgan fingerprint density at radius 2 is 2.06 bits per heavy atom. The van der Waals surface area contributed by atoms with Crippen LogP contribution in [0.3, 0.4) is 0 Å². The van der Waals surface area contributed by atoms with Crippen LogP contribution in [-0.2, 0) is 23.4 Å². The Balaban J connectivity index is 1.19. The van der Waals surface area contributed by atoms with Crippen LogP contribution in [0, 0.1) is 0 Å². The van der Waals surface area contributed by atoms with Crippen LogP contribution in [0.1, 0.15) is 66.4 Å². The number of benzene rings is 1. The molecule has 1 unspecified atom stereocenters. The second-order valence-corrected chi connectivity index (χ2v) is 11.3. The first-order valence-corrected chi connectivity index (χ1v) is 14.2. The van der Waals surface area contributed by atoms with Crippen molar-refractivity contribution in [2.75, 3.05) is 19.4 Å². The molecule has 1 saturated heterocycles. The molecule has 1 aliphatic heterocycles. The number of thiophene rings is 1. The Hall–Kier alpha value is -2.32. The average Bonchev–Trinajstić information content (AvgIpc) is 3.34. The number of hydrogen-bond donors (Lipinski definition) is 1. The fourth-order valence-electron chi connectivity index (χ4n) is 5.17. The summed E-state index contributed by atoms with van der Waals surface area (Å²) in [6, 6.07) is 8.26. The van der Waals surface area contributed by atoms with Crippen LogP contribution in [0.2, 0.25) is 0 Å². The second-order valence-electron chi connectivity index (χ2n) is 9.08. The van der Waals surface area contributed by atoms with Crippen LogP contribution in [0.25, 0.3) is 10.2 Å². The molecule has 6 nitrogen and oxygen atoms in total. The van der Waals surface area contributed by atoms with E-state index in [-0.39, 0.29) is 17.5 Å². The summed E-state index contributed by atoms with van der Waals surface area (Å²) in [6.45, 7) is 0.814. The number of carbonyl (C=O) groups excluding carboxylic acids is 1. The summed E-state index contributed by atoms with van der Waals surface area (Å²) in [6.07, 6.45) is 8.06. The van der Waals surface area contributed by atoms with E-state index in [1.165, 1.54) is 22.4 Å². The Labute approximate surface area is 208 Å². The molecule has 2 aromatic heterocycles. The van der Waals surface area contributed by atoms with E-state index < -0.39 is 0 Å². The molecule has 2 aliphatic rings. The number of aromatic nitrogens is 2. The number of nitrogens with zero attached hydrogens (tertiary/aromatic N) is 2. The maximum Gasteiger partial charge on any atom is 0.259 e. The molecular weight excluding hydrogens is 466 g/mol. The number of aryl methyl sites for hydroxylation is 2. The molecule has 1 atom stereocenters. The van der Waals surface area contributed by atoms with Crippen molar-refractivity contribution in [2.45, 2.75) is 63.2 Å². The van der Waals surface area contributed by atoms with Gasteiger partial charge in [0, 0.05) is 23.6 Å². The number of amides is 1. The lowest BCUT2D eigenvalue weighted by Gasteiger charge is -2.30. The van der Waals surface area contributed by atoms with Gasteiger partial charge in [-0.3, -0.25) is 9.59 Å². The van der Waals surface area contributed by atoms with Crippen molar-refractivity contribution in [2.24, 2.45) is 0 Å². The molecule has 3 heterocycles. The summed E-state index contributed by atoms with van der Waals surface area (Å²) in [7, 11) is 1.67. The van der Waals surface area contributed by atoms with E-state index in [1.807, 2.05) is 12.1 Å². The van der Waals surface area contributed by atoms with Gasteiger partial charge in [0.1, 0.15) is 16.4 Å². The number of H-pyrrole nitrogens is 1. The minimum Gasteiger partial charge on any atom is -0.497 e. The maximum absolute atomic E-state index is 13.2. The molecule has 1 N–H and O–H groups in total. The molecule has 34 heavy (non-hydrogen) atoms. The Morgan fingerprint density at radius 1 is 1.21 bits per heavy atom. The smallest absolute Gasteiger partial charge is 0.259 e. The standard InChI is InChI=1S/C26H31N3O3S2/c1-32-18-11-9-17(10-12-18)20-7-3-2-4-14-29(20)23(30)13-15-33-16-22-27-25(31)24-19-6-5-8-21(19)34-26(24)28-22/h9-12,20H,2-8,13-16H2,1H3,(H,27,28,31). The molecule has 0 spiro atoms. The molecule has 180 valence electrons. The van der Waals surface area contributed by atoms with Gasteiger partial charge in [-0.25, -0.2) is 4.98 Å². The average molecular weight is 498 g/mol. The number of fused-ring (bicyclic) bond motifs is 3. The topological polar surface area (TPSA) is 75.3 Å². The molecule has 0 saturated carbocycles. The number of rotatable bonds is 7. The number of aromatic amines is 1. The molecule has 5 rings (SSSR count). The summed E-state index contributed by atoms with van der Waals surface area (Å²) in [5.74, 6) is 3.09. The number of methoxy groups -OCH3 is 1. The first-order valence-electron chi connectivity index (χ1n) is 12.2. The van der Waals surface area contributed by atoms with E-state index in [1.54, 1.807) is 30.2 Å². The van der Waals surface area contributed by atoms with Gasteiger partial charge in [-0.2, -0.15) is 11.8 Å². The molecule has 0 bridgehead atoms. The Kier molecular flexibility index (Phi) is 7.25. The third-order valence-corrected chi connectivity index (χ3v) is 9.05. The molecule has 1 fully saturated rings. The predicted octanol–water partition coefficient (Wildman–Crippen LogP) is 5.25. The monoisotopic (exact) mass is 497 g/mol. The SMILES string of the molecule is COc1ccc(C2CCCCCN2C(=O)CCSCc2nc3sc4c(c3c(=O)[nH]2)CCC4)cc1. The summed E-state index contributed by atoms with van der Waals surface area (Å²) >= 11 is 3.33. The molecule has 1 aromatic carbocycles. The molecule has 1 amide bonds. The lowest BCUT2D eigenvalue weighted by Crippen LogP contribution is -2.35. The molecule has 1 aliphatic carbocycles. The van der Waals surface area contributed by atoms with Gasteiger partial charge in [0.15, 0.2) is 0 Å². The highest BCUT2D eigenvalue weighted by Gasteiger charge is 2.26. The van der Waals surface area contributed by atoms with E-state index in [4.69, 9.17) is 9.72 Å². The van der Waals surface area contributed by atoms with Crippen molar-refractivity contribution < 1.29 is 9.53 Å². The van der Waals surface area contributed by atoms with E-state index in [0.29, 0.717) is 23.8 Å². The van der Waals surface area contributed by atoms with Crippen LogP contribution < -0.4 is 10.3 Å². The summed E-state index contributed by atoms with van der Waals surface area (Å²) in [5, 5.41) is 0.798. The third-order valence-electron chi connectivity index (χ3n) is 6.90. The van der Waals surface area contributed by atoms with Gasteiger partial charge < -0.3 is 14.6 Å². The minimum absolute atomic E-state index is 0.0111. The first-order chi connectivity index (χ1) is 16.6. The zero-order valence-corrected chi connectivity index (χ0v) is 21.2. The van der Waals surface area contributed by atoms with E-state index >= 15 is 0 Å². The predicted molar refractivity (Wildman–Crippen MR) is 139 cm³/mol. The summed E-state index contributed by atoms with van der Waals surface area (Å²) in [4.78, 5) is 37.8. The van der Waals surface area contributed by atoms with Crippen molar-refractivity contribution >= 4 is 39.2 Å². The maximum atomic E-state index is 13.2. The van der Waals surface area contributed by atoms with E-state index in [0.717, 1.165) is 61.0 Å². The van der Waals surface area contributed by atoms with Crippen LogP contribution >= 0.6 is 23.1 Å². The van der Waals surface area contributed by atoms with E-state index in [9.17, 15) is 9.59 Å². The van der Waals surface area contributed by atoms with Gasteiger partial charge in [0.2, 0.25) is 5.91 Å². The number of likely N-dealkylation sites (tertiary alicyclic amines) is 1. The van der Waals surface area contributed by atoms with E-state index in [2.05, 4.69) is 22.0 Å². The van der Waals surface area contributed by atoms with Crippen molar-refractivity contribution in [3.8, 4) is 5.75 Å². The van der Waals surface area contributed by atoms with Gasteiger partial charge in [-0.1, -0.05) is 25.0 Å². The second kappa shape index (κ2) is 10.5. The third kappa shape index (κ3) is 4.89. The highest BCUT2D eigenvalue weighted by molar-refractivity contribution is 7.98. The largest absolute Gasteiger partial charge is 0.497 e. The van der Waals surface area contributed by atoms with Crippen LogP contribution in [0.5, 0.6) is 5.75 Å². The van der Waals surface area contributed by atoms with Gasteiger partial charge in [0.05, 0.1) is 24.3 Å². The zero-order valence-electron chi connectivity index (χ0n) is 19.6. The highest BCUT2D eigenvalue weighted by atomic mass is 32.2. The van der Waals surface area contributed by atoms with Crippen LogP contribution in [-0.4, -0.2) is 40.2 Å².